The Hall–Kier alpha value is -1.05. The SMILES string of the molecule is CCCN(CCO)c1cc(Br)ccc1C#N. The summed E-state index contributed by atoms with van der Waals surface area (Å²) in [6.07, 6.45) is 0.984. The van der Waals surface area contributed by atoms with E-state index < -0.39 is 0 Å². The molecule has 0 radical (unpaired) electrons. The van der Waals surface area contributed by atoms with Crippen LogP contribution in [0.15, 0.2) is 22.7 Å². The van der Waals surface area contributed by atoms with Crippen LogP contribution in [-0.2, 0) is 0 Å². The van der Waals surface area contributed by atoms with Crippen LogP contribution in [0.4, 0.5) is 5.69 Å². The van der Waals surface area contributed by atoms with Gasteiger partial charge in [0.25, 0.3) is 0 Å². The van der Waals surface area contributed by atoms with E-state index in [1.807, 2.05) is 17.0 Å². The van der Waals surface area contributed by atoms with E-state index in [4.69, 9.17) is 10.4 Å². The van der Waals surface area contributed by atoms with Gasteiger partial charge in [-0.3, -0.25) is 0 Å². The molecule has 1 aromatic carbocycles. The van der Waals surface area contributed by atoms with Gasteiger partial charge in [0.15, 0.2) is 0 Å². The molecule has 0 aromatic heterocycles. The second-order valence-corrected chi connectivity index (χ2v) is 4.40. The van der Waals surface area contributed by atoms with E-state index in [1.54, 1.807) is 6.07 Å². The molecule has 0 spiro atoms. The lowest BCUT2D eigenvalue weighted by molar-refractivity contribution is 0.302. The molecule has 1 N–H and O–H groups in total. The summed E-state index contributed by atoms with van der Waals surface area (Å²) in [5, 5.41) is 18.1. The van der Waals surface area contributed by atoms with Gasteiger partial charge in [0.1, 0.15) is 6.07 Å². The third-order valence-electron chi connectivity index (χ3n) is 2.28. The lowest BCUT2D eigenvalue weighted by atomic mass is 10.1. The summed E-state index contributed by atoms with van der Waals surface area (Å²) in [7, 11) is 0. The highest BCUT2D eigenvalue weighted by Crippen LogP contribution is 2.24. The zero-order valence-corrected chi connectivity index (χ0v) is 10.9. The Labute approximate surface area is 104 Å². The molecule has 0 fully saturated rings. The molecule has 1 rings (SSSR count). The molecular formula is C12H15BrN2O. The number of hydrogen-bond donors (Lipinski definition) is 1. The van der Waals surface area contributed by atoms with Gasteiger partial charge in [-0.1, -0.05) is 22.9 Å². The first-order valence-electron chi connectivity index (χ1n) is 5.28. The number of aliphatic hydroxyl groups is 1. The van der Waals surface area contributed by atoms with Crippen LogP contribution < -0.4 is 4.90 Å². The Balaban J connectivity index is 3.06. The van der Waals surface area contributed by atoms with Gasteiger partial charge in [-0.25, -0.2) is 0 Å². The van der Waals surface area contributed by atoms with Crippen LogP contribution in [0.3, 0.4) is 0 Å². The van der Waals surface area contributed by atoms with Crippen LogP contribution in [0.1, 0.15) is 18.9 Å². The number of nitriles is 1. The Morgan fingerprint density at radius 2 is 2.19 bits per heavy atom. The summed E-state index contributed by atoms with van der Waals surface area (Å²) in [4.78, 5) is 2.03. The maximum absolute atomic E-state index is 9.04. The van der Waals surface area contributed by atoms with Gasteiger partial charge in [0.2, 0.25) is 0 Å². The molecule has 0 heterocycles. The lowest BCUT2D eigenvalue weighted by Gasteiger charge is -2.24. The van der Waals surface area contributed by atoms with Crippen molar-refractivity contribution in [2.45, 2.75) is 13.3 Å². The van der Waals surface area contributed by atoms with Crippen molar-refractivity contribution in [3.8, 4) is 6.07 Å². The lowest BCUT2D eigenvalue weighted by Crippen LogP contribution is -2.28. The van der Waals surface area contributed by atoms with E-state index in [0.717, 1.165) is 23.1 Å². The summed E-state index contributed by atoms with van der Waals surface area (Å²) < 4.78 is 0.945. The number of anilines is 1. The van der Waals surface area contributed by atoms with Crippen LogP contribution in [0.2, 0.25) is 0 Å². The smallest absolute Gasteiger partial charge is 0.101 e. The molecule has 0 saturated heterocycles. The number of nitrogens with zero attached hydrogens (tertiary/aromatic N) is 2. The standard InChI is InChI=1S/C12H15BrN2O/c1-2-5-15(6-7-16)12-8-11(13)4-3-10(12)9-14/h3-4,8,16H,2,5-7H2,1H3. The molecule has 0 atom stereocenters. The Bertz CT molecular complexity index is 381. The first kappa shape index (κ1) is 13.0. The minimum atomic E-state index is 0.0946. The van der Waals surface area contributed by atoms with Crippen molar-refractivity contribution in [3.05, 3.63) is 28.2 Å². The normalized spacial score (nSPS) is 9.88. The summed E-state index contributed by atoms with van der Waals surface area (Å²) in [5.41, 5.74) is 1.53. The van der Waals surface area contributed by atoms with Gasteiger partial charge >= 0.3 is 0 Å². The summed E-state index contributed by atoms with van der Waals surface area (Å²) in [6, 6.07) is 7.74. The van der Waals surface area contributed by atoms with Crippen molar-refractivity contribution in [2.75, 3.05) is 24.6 Å². The Morgan fingerprint density at radius 1 is 1.44 bits per heavy atom. The third kappa shape index (κ3) is 3.22. The largest absolute Gasteiger partial charge is 0.395 e. The summed E-state index contributed by atoms with van der Waals surface area (Å²) in [5.74, 6) is 0. The van der Waals surface area contributed by atoms with Gasteiger partial charge in [-0.05, 0) is 24.6 Å². The first-order valence-corrected chi connectivity index (χ1v) is 6.07. The fraction of sp³-hybridized carbons (Fsp3) is 0.417. The summed E-state index contributed by atoms with van der Waals surface area (Å²) in [6.45, 7) is 3.57. The van der Waals surface area contributed by atoms with E-state index in [9.17, 15) is 0 Å². The molecule has 0 unspecified atom stereocenters. The number of aliphatic hydroxyl groups excluding tert-OH is 1. The summed E-state index contributed by atoms with van der Waals surface area (Å²) >= 11 is 3.40. The van der Waals surface area contributed by atoms with Crippen LogP contribution in [0.5, 0.6) is 0 Å². The van der Waals surface area contributed by atoms with Gasteiger partial charge < -0.3 is 10.0 Å². The van der Waals surface area contributed by atoms with E-state index in [2.05, 4.69) is 28.9 Å². The maximum atomic E-state index is 9.04. The van der Waals surface area contributed by atoms with E-state index in [-0.39, 0.29) is 6.61 Å². The van der Waals surface area contributed by atoms with Crippen molar-refractivity contribution in [1.82, 2.24) is 0 Å². The second kappa shape index (κ2) is 6.51. The third-order valence-corrected chi connectivity index (χ3v) is 2.78. The number of halogens is 1. The molecule has 4 heteroatoms. The molecule has 0 saturated carbocycles. The monoisotopic (exact) mass is 282 g/mol. The molecule has 0 amide bonds. The average Bonchev–Trinajstić information content (AvgIpc) is 2.29. The molecule has 16 heavy (non-hydrogen) atoms. The molecule has 0 aliphatic carbocycles. The quantitative estimate of drug-likeness (QED) is 0.903. The molecule has 3 nitrogen and oxygen atoms in total. The van der Waals surface area contributed by atoms with Crippen molar-refractivity contribution >= 4 is 21.6 Å². The molecule has 1 aromatic rings. The maximum Gasteiger partial charge on any atom is 0.101 e. The minimum Gasteiger partial charge on any atom is -0.395 e. The Morgan fingerprint density at radius 3 is 2.75 bits per heavy atom. The number of benzene rings is 1. The number of rotatable bonds is 5. The zero-order valence-electron chi connectivity index (χ0n) is 9.28. The first-order chi connectivity index (χ1) is 7.72. The predicted octanol–water partition coefficient (Wildman–Crippen LogP) is 2.53. The van der Waals surface area contributed by atoms with Crippen LogP contribution in [0.25, 0.3) is 0 Å². The highest BCUT2D eigenvalue weighted by Gasteiger charge is 2.10. The highest BCUT2D eigenvalue weighted by molar-refractivity contribution is 9.10. The van der Waals surface area contributed by atoms with Gasteiger partial charge in [0.05, 0.1) is 17.9 Å². The van der Waals surface area contributed by atoms with E-state index >= 15 is 0 Å². The second-order valence-electron chi connectivity index (χ2n) is 3.48. The molecule has 0 aliphatic rings. The van der Waals surface area contributed by atoms with Crippen molar-refractivity contribution in [2.24, 2.45) is 0 Å². The Kier molecular flexibility index (Phi) is 5.30. The predicted molar refractivity (Wildman–Crippen MR) is 68.4 cm³/mol. The van der Waals surface area contributed by atoms with Gasteiger partial charge in [-0.15, -0.1) is 0 Å². The molecular weight excluding hydrogens is 268 g/mol. The van der Waals surface area contributed by atoms with Crippen molar-refractivity contribution in [3.63, 3.8) is 0 Å². The number of hydrogen-bond acceptors (Lipinski definition) is 3. The van der Waals surface area contributed by atoms with Gasteiger partial charge in [-0.2, -0.15) is 5.26 Å². The van der Waals surface area contributed by atoms with E-state index in [1.165, 1.54) is 0 Å². The topological polar surface area (TPSA) is 47.3 Å². The van der Waals surface area contributed by atoms with E-state index in [0.29, 0.717) is 12.1 Å². The zero-order chi connectivity index (χ0) is 12.0. The fourth-order valence-corrected chi connectivity index (χ4v) is 1.95. The molecule has 0 aliphatic heterocycles. The van der Waals surface area contributed by atoms with Crippen LogP contribution in [-0.4, -0.2) is 24.8 Å². The fourth-order valence-electron chi connectivity index (χ4n) is 1.60. The van der Waals surface area contributed by atoms with Crippen molar-refractivity contribution < 1.29 is 5.11 Å². The molecule has 0 bridgehead atoms. The molecule has 86 valence electrons. The van der Waals surface area contributed by atoms with Gasteiger partial charge in [0, 0.05) is 17.6 Å². The van der Waals surface area contributed by atoms with Crippen LogP contribution >= 0.6 is 15.9 Å². The van der Waals surface area contributed by atoms with Crippen molar-refractivity contribution in [1.29, 1.82) is 5.26 Å². The average molecular weight is 283 g/mol. The highest BCUT2D eigenvalue weighted by atomic mass is 79.9. The van der Waals surface area contributed by atoms with Crippen LogP contribution in [0, 0.1) is 11.3 Å². The minimum absolute atomic E-state index is 0.0946.